The number of ether oxygens (including phenoxy) is 5. The minimum absolute atomic E-state index is 0.215. The Balaban J connectivity index is 3.05. The quantitative estimate of drug-likeness (QED) is 0.293. The van der Waals surface area contributed by atoms with Gasteiger partial charge in [0.1, 0.15) is 0 Å². The van der Waals surface area contributed by atoms with Crippen LogP contribution in [-0.2, 0) is 23.7 Å². The molecule has 0 bridgehead atoms. The van der Waals surface area contributed by atoms with Gasteiger partial charge in [0.15, 0.2) is 0 Å². The third-order valence-corrected chi connectivity index (χ3v) is 3.93. The summed E-state index contributed by atoms with van der Waals surface area (Å²) in [7, 11) is 0. The summed E-state index contributed by atoms with van der Waals surface area (Å²) in [6.45, 7) is 14.5. The van der Waals surface area contributed by atoms with Crippen molar-refractivity contribution in [2.24, 2.45) is 5.73 Å². The van der Waals surface area contributed by atoms with Crippen molar-refractivity contribution in [3.8, 4) is 0 Å². The van der Waals surface area contributed by atoms with Crippen LogP contribution in [0.5, 0.6) is 0 Å². The van der Waals surface area contributed by atoms with Gasteiger partial charge in [-0.1, -0.05) is 6.92 Å². The first-order valence-electron chi connectivity index (χ1n) is 9.96. The largest absolute Gasteiger partial charge is 0.379 e. The van der Waals surface area contributed by atoms with Crippen LogP contribution in [0.15, 0.2) is 0 Å². The van der Waals surface area contributed by atoms with Crippen molar-refractivity contribution >= 4 is 0 Å². The number of hydrogen-bond acceptors (Lipinski definition) is 7. The monoisotopic (exact) mass is 378 g/mol. The highest BCUT2D eigenvalue weighted by atomic mass is 16.6. The lowest BCUT2D eigenvalue weighted by atomic mass is 10.0. The number of hydrogen-bond donors (Lipinski definition) is 2. The molecule has 0 aromatic carbocycles. The van der Waals surface area contributed by atoms with Gasteiger partial charge in [0, 0.05) is 18.8 Å². The van der Waals surface area contributed by atoms with Crippen molar-refractivity contribution < 1.29 is 23.7 Å². The summed E-state index contributed by atoms with van der Waals surface area (Å²) < 4.78 is 27.1. The first kappa shape index (κ1) is 25.7. The minimum Gasteiger partial charge on any atom is -0.379 e. The Kier molecular flexibility index (Phi) is 19.3. The molecule has 7 nitrogen and oxygen atoms in total. The van der Waals surface area contributed by atoms with Crippen molar-refractivity contribution in [3.05, 3.63) is 0 Å². The molecule has 0 aromatic heterocycles. The van der Waals surface area contributed by atoms with Crippen LogP contribution in [0, 0.1) is 0 Å². The zero-order valence-electron chi connectivity index (χ0n) is 17.2. The van der Waals surface area contributed by atoms with E-state index in [0.717, 1.165) is 32.4 Å². The molecule has 0 atom stereocenters. The maximum atomic E-state index is 5.54. The van der Waals surface area contributed by atoms with E-state index in [2.05, 4.69) is 26.1 Å². The normalized spacial score (nSPS) is 12.0. The zero-order valence-corrected chi connectivity index (χ0v) is 17.2. The van der Waals surface area contributed by atoms with E-state index in [-0.39, 0.29) is 5.54 Å². The predicted octanol–water partition coefficient (Wildman–Crippen LogP) is 1.59. The van der Waals surface area contributed by atoms with E-state index in [9.17, 15) is 0 Å². The smallest absolute Gasteiger partial charge is 0.0701 e. The molecule has 0 aliphatic heterocycles. The van der Waals surface area contributed by atoms with Crippen LogP contribution in [0.3, 0.4) is 0 Å². The fourth-order valence-corrected chi connectivity index (χ4v) is 1.89. The number of nitrogens with two attached hydrogens (primary N) is 1. The zero-order chi connectivity index (χ0) is 19.3. The van der Waals surface area contributed by atoms with Crippen LogP contribution >= 0.6 is 0 Å². The second-order valence-electron chi connectivity index (χ2n) is 6.72. The molecule has 26 heavy (non-hydrogen) atoms. The van der Waals surface area contributed by atoms with Gasteiger partial charge in [-0.05, 0) is 46.2 Å². The van der Waals surface area contributed by atoms with Gasteiger partial charge in [-0.15, -0.1) is 0 Å². The molecule has 0 saturated carbocycles. The van der Waals surface area contributed by atoms with E-state index >= 15 is 0 Å². The predicted molar refractivity (Wildman–Crippen MR) is 105 cm³/mol. The van der Waals surface area contributed by atoms with E-state index < -0.39 is 0 Å². The molecule has 0 unspecified atom stereocenters. The Morgan fingerprint density at radius 1 is 0.654 bits per heavy atom. The van der Waals surface area contributed by atoms with Crippen LogP contribution in [0.25, 0.3) is 0 Å². The molecule has 0 heterocycles. The van der Waals surface area contributed by atoms with Crippen molar-refractivity contribution in [1.29, 1.82) is 0 Å². The fraction of sp³-hybridized carbons (Fsp3) is 1.00. The molecule has 0 fully saturated rings. The highest BCUT2D eigenvalue weighted by Gasteiger charge is 2.12. The van der Waals surface area contributed by atoms with Gasteiger partial charge < -0.3 is 34.7 Å². The Morgan fingerprint density at radius 3 is 1.42 bits per heavy atom. The topological polar surface area (TPSA) is 84.2 Å². The Hall–Kier alpha value is -0.280. The molecule has 0 rings (SSSR count). The molecule has 0 spiro atoms. The molecule has 0 radical (unpaired) electrons. The lowest BCUT2D eigenvalue weighted by molar-refractivity contribution is -0.0112. The Morgan fingerprint density at radius 2 is 1.04 bits per heavy atom. The Labute approximate surface area is 160 Å². The molecular weight excluding hydrogens is 336 g/mol. The number of rotatable bonds is 21. The molecule has 3 N–H and O–H groups in total. The van der Waals surface area contributed by atoms with E-state index in [1.54, 1.807) is 0 Å². The first-order chi connectivity index (χ1) is 12.6. The Bertz CT molecular complexity index is 281. The van der Waals surface area contributed by atoms with Gasteiger partial charge in [0.2, 0.25) is 0 Å². The van der Waals surface area contributed by atoms with E-state index in [4.69, 9.17) is 29.4 Å². The van der Waals surface area contributed by atoms with Crippen molar-refractivity contribution in [1.82, 2.24) is 5.32 Å². The van der Waals surface area contributed by atoms with Gasteiger partial charge >= 0.3 is 0 Å². The standard InChI is InChI=1S/C19H42N2O5/c1-4-19(2,3)21-8-6-10-23-12-14-25-16-18-26-17-15-24-13-11-22-9-5-7-20/h21H,4-18,20H2,1-3H3. The van der Waals surface area contributed by atoms with E-state index in [0.29, 0.717) is 66.0 Å². The second-order valence-corrected chi connectivity index (χ2v) is 6.72. The van der Waals surface area contributed by atoms with Gasteiger partial charge in [-0.2, -0.15) is 0 Å². The molecule has 7 heteroatoms. The lowest BCUT2D eigenvalue weighted by Crippen LogP contribution is -2.39. The molecule has 0 amide bonds. The first-order valence-corrected chi connectivity index (χ1v) is 9.96. The van der Waals surface area contributed by atoms with Crippen LogP contribution in [-0.4, -0.2) is 84.7 Å². The molecule has 158 valence electrons. The van der Waals surface area contributed by atoms with Crippen molar-refractivity contribution in [2.75, 3.05) is 79.2 Å². The average molecular weight is 379 g/mol. The summed E-state index contributed by atoms with van der Waals surface area (Å²) in [6.07, 6.45) is 3.03. The summed E-state index contributed by atoms with van der Waals surface area (Å²) in [5, 5.41) is 3.51. The van der Waals surface area contributed by atoms with Gasteiger partial charge in [0.05, 0.1) is 52.9 Å². The van der Waals surface area contributed by atoms with Crippen LogP contribution < -0.4 is 11.1 Å². The maximum absolute atomic E-state index is 5.54. The maximum Gasteiger partial charge on any atom is 0.0701 e. The minimum atomic E-state index is 0.215. The van der Waals surface area contributed by atoms with Gasteiger partial charge in [0.25, 0.3) is 0 Å². The summed E-state index contributed by atoms with van der Waals surface area (Å²) in [4.78, 5) is 0. The summed E-state index contributed by atoms with van der Waals surface area (Å²) in [5.74, 6) is 0. The lowest BCUT2D eigenvalue weighted by Gasteiger charge is -2.24. The van der Waals surface area contributed by atoms with Crippen molar-refractivity contribution in [2.45, 2.75) is 45.6 Å². The molecule has 0 saturated heterocycles. The number of nitrogens with one attached hydrogen (secondary N) is 1. The highest BCUT2D eigenvalue weighted by Crippen LogP contribution is 2.06. The SMILES string of the molecule is CCC(C)(C)NCCCOCCOCCOCCOCCOCCCN. The highest BCUT2D eigenvalue weighted by molar-refractivity contribution is 4.74. The van der Waals surface area contributed by atoms with Crippen LogP contribution in [0.2, 0.25) is 0 Å². The fourth-order valence-electron chi connectivity index (χ4n) is 1.89. The van der Waals surface area contributed by atoms with Crippen LogP contribution in [0.4, 0.5) is 0 Å². The molecule has 0 aliphatic rings. The molecule has 0 aliphatic carbocycles. The van der Waals surface area contributed by atoms with E-state index in [1.165, 1.54) is 0 Å². The van der Waals surface area contributed by atoms with Gasteiger partial charge in [-0.25, -0.2) is 0 Å². The van der Waals surface area contributed by atoms with E-state index in [1.807, 2.05) is 0 Å². The van der Waals surface area contributed by atoms with Crippen LogP contribution in [0.1, 0.15) is 40.0 Å². The van der Waals surface area contributed by atoms with Gasteiger partial charge in [-0.3, -0.25) is 0 Å². The molecule has 0 aromatic rings. The van der Waals surface area contributed by atoms with Crippen molar-refractivity contribution in [3.63, 3.8) is 0 Å². The summed E-state index contributed by atoms with van der Waals surface area (Å²) >= 11 is 0. The third-order valence-electron chi connectivity index (χ3n) is 3.93. The second kappa shape index (κ2) is 19.5. The summed E-state index contributed by atoms with van der Waals surface area (Å²) in [6, 6.07) is 0. The summed E-state index contributed by atoms with van der Waals surface area (Å²) in [5.41, 5.74) is 5.59. The average Bonchev–Trinajstić information content (AvgIpc) is 2.63. The molecular formula is C19H42N2O5. The third kappa shape index (κ3) is 20.0.